The summed E-state index contributed by atoms with van der Waals surface area (Å²) in [4.78, 5) is 12.1. The largest absolute Gasteiger partial charge is 0.497 e. The van der Waals surface area contributed by atoms with Crippen molar-refractivity contribution in [2.24, 2.45) is 23.7 Å². The van der Waals surface area contributed by atoms with Crippen molar-refractivity contribution in [1.82, 2.24) is 0 Å². The summed E-state index contributed by atoms with van der Waals surface area (Å²) in [6, 6.07) is 16.7. The van der Waals surface area contributed by atoms with E-state index in [1.165, 1.54) is 37.5 Å². The van der Waals surface area contributed by atoms with Gasteiger partial charge in [0.1, 0.15) is 11.5 Å². The van der Waals surface area contributed by atoms with Gasteiger partial charge in [0.2, 0.25) is 0 Å². The average Bonchev–Trinajstić information content (AvgIpc) is 3.70. The Hall–Kier alpha value is -2.49. The molecule has 2 aliphatic rings. The molecule has 4 atom stereocenters. The fraction of sp³-hybridized carbons (Fsp3) is 0.500. The molecule has 0 N–H and O–H groups in total. The van der Waals surface area contributed by atoms with Crippen molar-refractivity contribution in [1.29, 1.82) is 0 Å². The highest BCUT2D eigenvalue weighted by atomic mass is 16.5. The van der Waals surface area contributed by atoms with Crippen LogP contribution in [-0.2, 0) is 16.0 Å². The Labute approximate surface area is 179 Å². The van der Waals surface area contributed by atoms with E-state index < -0.39 is 0 Å². The summed E-state index contributed by atoms with van der Waals surface area (Å²) in [6.07, 6.45) is 4.66. The van der Waals surface area contributed by atoms with Crippen molar-refractivity contribution >= 4 is 5.97 Å². The van der Waals surface area contributed by atoms with Gasteiger partial charge in [-0.2, -0.15) is 0 Å². The van der Waals surface area contributed by atoms with Crippen LogP contribution in [0.25, 0.3) is 0 Å². The molecule has 4 nitrogen and oxygen atoms in total. The molecule has 30 heavy (non-hydrogen) atoms. The van der Waals surface area contributed by atoms with Gasteiger partial charge in [-0.15, -0.1) is 0 Å². The summed E-state index contributed by atoms with van der Waals surface area (Å²) in [5, 5.41) is 0. The third kappa shape index (κ3) is 4.97. The Morgan fingerprint density at radius 3 is 2.53 bits per heavy atom. The minimum atomic E-state index is -0.131. The number of methoxy groups -OCH3 is 2. The van der Waals surface area contributed by atoms with Gasteiger partial charge in [0, 0.05) is 0 Å². The van der Waals surface area contributed by atoms with Gasteiger partial charge in [-0.25, -0.2) is 0 Å². The van der Waals surface area contributed by atoms with Crippen molar-refractivity contribution in [3.05, 3.63) is 59.7 Å². The Bertz CT molecular complexity index is 873. The highest BCUT2D eigenvalue weighted by Gasteiger charge is 2.40. The van der Waals surface area contributed by atoms with E-state index in [1.807, 2.05) is 25.1 Å². The van der Waals surface area contributed by atoms with Crippen LogP contribution in [0.3, 0.4) is 0 Å². The minimum Gasteiger partial charge on any atom is -0.497 e. The van der Waals surface area contributed by atoms with E-state index in [4.69, 9.17) is 14.2 Å². The minimum absolute atomic E-state index is 0.128. The number of hydrogen-bond donors (Lipinski definition) is 0. The molecule has 0 radical (unpaired) electrons. The summed E-state index contributed by atoms with van der Waals surface area (Å²) in [5.41, 5.74) is 2.52. The quantitative estimate of drug-likeness (QED) is 0.503. The molecule has 4 heteroatoms. The first-order valence-corrected chi connectivity index (χ1v) is 11.0. The van der Waals surface area contributed by atoms with Crippen molar-refractivity contribution in [3.8, 4) is 11.5 Å². The number of ether oxygens (including phenoxy) is 3. The van der Waals surface area contributed by atoms with Crippen molar-refractivity contribution in [2.75, 3.05) is 20.8 Å². The zero-order valence-corrected chi connectivity index (χ0v) is 18.2. The highest BCUT2D eigenvalue weighted by Crippen LogP contribution is 2.47. The van der Waals surface area contributed by atoms with Crippen LogP contribution in [0.15, 0.2) is 48.5 Å². The van der Waals surface area contributed by atoms with Gasteiger partial charge < -0.3 is 14.2 Å². The van der Waals surface area contributed by atoms with Gasteiger partial charge >= 0.3 is 5.97 Å². The van der Waals surface area contributed by atoms with Crippen molar-refractivity contribution in [2.45, 2.75) is 38.5 Å². The molecule has 2 saturated carbocycles. The van der Waals surface area contributed by atoms with Gasteiger partial charge in [-0.1, -0.05) is 31.2 Å². The second-order valence-corrected chi connectivity index (χ2v) is 8.87. The third-order valence-electron chi connectivity index (χ3n) is 6.65. The molecule has 4 rings (SSSR count). The highest BCUT2D eigenvalue weighted by molar-refractivity contribution is 5.73. The Morgan fingerprint density at radius 1 is 1.03 bits per heavy atom. The van der Waals surface area contributed by atoms with Crippen LogP contribution in [0.2, 0.25) is 0 Å². The Balaban J connectivity index is 1.33. The van der Waals surface area contributed by atoms with Crippen molar-refractivity contribution < 1.29 is 19.0 Å². The lowest BCUT2D eigenvalue weighted by molar-refractivity contribution is -0.145. The molecular weight excluding hydrogens is 376 g/mol. The standard InChI is InChI=1S/C26H32O4/c1-17(26(27)29-3)25(19-10-11-19)20-7-5-9-24(15-20)30-16-22-14-21(22)12-18-6-4-8-23(13-18)28-2/h4-9,13,15,17,19,21-22,25H,10-12,14,16H2,1-3H3. The first kappa shape index (κ1) is 20.8. The summed E-state index contributed by atoms with van der Waals surface area (Å²) < 4.78 is 16.5. The van der Waals surface area contributed by atoms with Gasteiger partial charge in [0.05, 0.1) is 26.7 Å². The second-order valence-electron chi connectivity index (χ2n) is 8.87. The van der Waals surface area contributed by atoms with Crippen LogP contribution in [0.4, 0.5) is 0 Å². The topological polar surface area (TPSA) is 44.8 Å². The van der Waals surface area contributed by atoms with Crippen molar-refractivity contribution in [3.63, 3.8) is 0 Å². The van der Waals surface area contributed by atoms with Crippen LogP contribution in [0.5, 0.6) is 11.5 Å². The van der Waals surface area contributed by atoms with Gasteiger partial charge in [-0.05, 0) is 84.7 Å². The maximum Gasteiger partial charge on any atom is 0.309 e. The van der Waals surface area contributed by atoms with Crippen LogP contribution >= 0.6 is 0 Å². The van der Waals surface area contributed by atoms with E-state index in [9.17, 15) is 4.79 Å². The zero-order chi connectivity index (χ0) is 21.1. The fourth-order valence-electron chi connectivity index (χ4n) is 4.64. The van der Waals surface area contributed by atoms with E-state index in [-0.39, 0.29) is 17.8 Å². The van der Waals surface area contributed by atoms with E-state index in [1.54, 1.807) is 7.11 Å². The maximum atomic E-state index is 12.1. The Kier molecular flexibility index (Phi) is 6.31. The van der Waals surface area contributed by atoms with E-state index in [2.05, 4.69) is 30.3 Å². The summed E-state index contributed by atoms with van der Waals surface area (Å²) in [7, 11) is 3.18. The molecule has 2 aromatic carbocycles. The monoisotopic (exact) mass is 408 g/mol. The van der Waals surface area contributed by atoms with Crippen LogP contribution in [0.1, 0.15) is 43.2 Å². The number of carbonyl (C=O) groups excluding carboxylic acids is 1. The first-order chi connectivity index (χ1) is 14.6. The molecule has 4 unspecified atom stereocenters. The lowest BCUT2D eigenvalue weighted by atomic mass is 9.83. The summed E-state index contributed by atoms with van der Waals surface area (Å²) in [5.74, 6) is 3.64. The lowest BCUT2D eigenvalue weighted by Gasteiger charge is -2.23. The predicted octanol–water partition coefficient (Wildman–Crippen LogP) is 5.26. The summed E-state index contributed by atoms with van der Waals surface area (Å²) >= 11 is 0. The number of benzene rings is 2. The molecule has 0 bridgehead atoms. The SMILES string of the molecule is COC(=O)C(C)C(c1cccc(OCC2CC2Cc2cccc(OC)c2)c1)C1CC1. The second kappa shape index (κ2) is 9.11. The van der Waals surface area contributed by atoms with E-state index in [0.29, 0.717) is 17.8 Å². The molecule has 0 spiro atoms. The number of hydrogen-bond acceptors (Lipinski definition) is 4. The average molecular weight is 409 g/mol. The fourth-order valence-corrected chi connectivity index (χ4v) is 4.64. The number of esters is 1. The molecule has 0 aliphatic heterocycles. The maximum absolute atomic E-state index is 12.1. The number of rotatable bonds is 10. The smallest absolute Gasteiger partial charge is 0.309 e. The van der Waals surface area contributed by atoms with E-state index in [0.717, 1.165) is 24.5 Å². The number of carbonyl (C=O) groups is 1. The van der Waals surface area contributed by atoms with Crippen LogP contribution in [-0.4, -0.2) is 26.8 Å². The molecule has 0 amide bonds. The van der Waals surface area contributed by atoms with E-state index >= 15 is 0 Å². The summed E-state index contributed by atoms with van der Waals surface area (Å²) in [6.45, 7) is 2.73. The van der Waals surface area contributed by atoms with Crippen LogP contribution in [0, 0.1) is 23.7 Å². The first-order valence-electron chi connectivity index (χ1n) is 11.0. The predicted molar refractivity (Wildman–Crippen MR) is 117 cm³/mol. The molecule has 2 aromatic rings. The molecular formula is C26H32O4. The molecule has 0 heterocycles. The molecule has 160 valence electrons. The molecule has 2 fully saturated rings. The zero-order valence-electron chi connectivity index (χ0n) is 18.2. The van der Waals surface area contributed by atoms with Gasteiger partial charge in [-0.3, -0.25) is 4.79 Å². The van der Waals surface area contributed by atoms with Gasteiger partial charge in [0.25, 0.3) is 0 Å². The molecule has 0 aromatic heterocycles. The molecule has 0 saturated heterocycles. The van der Waals surface area contributed by atoms with Crippen LogP contribution < -0.4 is 9.47 Å². The Morgan fingerprint density at radius 2 is 1.80 bits per heavy atom. The normalized spacial score (nSPS) is 22.1. The molecule has 2 aliphatic carbocycles. The van der Waals surface area contributed by atoms with Gasteiger partial charge in [0.15, 0.2) is 0 Å². The third-order valence-corrected chi connectivity index (χ3v) is 6.65. The lowest BCUT2D eigenvalue weighted by Crippen LogP contribution is -2.22.